The van der Waals surface area contributed by atoms with Crippen molar-refractivity contribution in [2.75, 3.05) is 17.2 Å². The molecule has 2 N–H and O–H groups in total. The zero-order valence-corrected chi connectivity index (χ0v) is 10.8. The van der Waals surface area contributed by atoms with E-state index in [1.165, 1.54) is 16.9 Å². The Morgan fingerprint density at radius 1 is 1.50 bits per heavy atom. The number of aromatic nitrogens is 1. The molecule has 2 aromatic rings. The van der Waals surface area contributed by atoms with Crippen LogP contribution in [0.25, 0.3) is 0 Å². The van der Waals surface area contributed by atoms with Crippen LogP contribution in [0.5, 0.6) is 0 Å². The van der Waals surface area contributed by atoms with E-state index < -0.39 is 0 Å². The second-order valence-corrected chi connectivity index (χ2v) is 5.30. The van der Waals surface area contributed by atoms with Gasteiger partial charge in [0.1, 0.15) is 4.88 Å². The Bertz CT molecular complexity index is 607. The van der Waals surface area contributed by atoms with Crippen molar-refractivity contribution in [3.8, 4) is 0 Å². The van der Waals surface area contributed by atoms with Gasteiger partial charge in [-0.15, -0.1) is 11.3 Å². The lowest BCUT2D eigenvalue weighted by molar-refractivity contribution is 0.0993. The van der Waals surface area contributed by atoms with Crippen molar-refractivity contribution in [1.29, 1.82) is 0 Å². The molecule has 0 radical (unpaired) electrons. The van der Waals surface area contributed by atoms with Crippen molar-refractivity contribution < 1.29 is 4.79 Å². The van der Waals surface area contributed by atoms with E-state index in [9.17, 15) is 4.79 Å². The lowest BCUT2D eigenvalue weighted by atomic mass is 10.1. The molecule has 0 spiro atoms. The summed E-state index contributed by atoms with van der Waals surface area (Å²) in [6, 6.07) is 3.97. The van der Waals surface area contributed by atoms with E-state index in [4.69, 9.17) is 5.73 Å². The van der Waals surface area contributed by atoms with Crippen LogP contribution in [-0.4, -0.2) is 17.4 Å². The summed E-state index contributed by atoms with van der Waals surface area (Å²) in [7, 11) is 0. The molecule has 1 aliphatic heterocycles. The largest absolute Gasteiger partial charge is 0.398 e. The Morgan fingerprint density at radius 3 is 3.06 bits per heavy atom. The van der Waals surface area contributed by atoms with E-state index in [1.54, 1.807) is 16.6 Å². The lowest BCUT2D eigenvalue weighted by Crippen LogP contribution is -2.28. The SMILES string of the molecule is Cc1cc2c(cc1N)N(C(=O)c1cncs1)CC2. The van der Waals surface area contributed by atoms with Gasteiger partial charge >= 0.3 is 0 Å². The van der Waals surface area contributed by atoms with E-state index in [0.29, 0.717) is 4.88 Å². The third kappa shape index (κ3) is 1.67. The minimum Gasteiger partial charge on any atom is -0.398 e. The van der Waals surface area contributed by atoms with Gasteiger partial charge < -0.3 is 10.6 Å². The highest BCUT2D eigenvalue weighted by molar-refractivity contribution is 7.11. The van der Waals surface area contributed by atoms with Crippen LogP contribution in [0.2, 0.25) is 0 Å². The number of amides is 1. The zero-order valence-electron chi connectivity index (χ0n) is 10.0. The van der Waals surface area contributed by atoms with Crippen LogP contribution in [0.4, 0.5) is 11.4 Å². The van der Waals surface area contributed by atoms with Crippen LogP contribution in [-0.2, 0) is 6.42 Å². The average molecular weight is 259 g/mol. The summed E-state index contributed by atoms with van der Waals surface area (Å²) in [5.41, 5.74) is 11.5. The van der Waals surface area contributed by atoms with Gasteiger partial charge in [-0.25, -0.2) is 0 Å². The maximum Gasteiger partial charge on any atom is 0.269 e. The number of nitrogen functional groups attached to an aromatic ring is 1. The number of nitrogens with two attached hydrogens (primary N) is 1. The van der Waals surface area contributed by atoms with Crippen molar-refractivity contribution in [3.63, 3.8) is 0 Å². The molecule has 92 valence electrons. The fraction of sp³-hybridized carbons (Fsp3) is 0.231. The number of hydrogen-bond donors (Lipinski definition) is 1. The normalized spacial score (nSPS) is 13.7. The molecule has 5 heteroatoms. The van der Waals surface area contributed by atoms with Crippen molar-refractivity contribution >= 4 is 28.6 Å². The minimum absolute atomic E-state index is 0.0134. The number of hydrogen-bond acceptors (Lipinski definition) is 4. The number of fused-ring (bicyclic) bond motifs is 1. The standard InChI is InChI=1S/C13H13N3OS/c1-8-4-9-2-3-16(11(9)5-10(8)14)13(17)12-6-15-7-18-12/h4-7H,2-3,14H2,1H3. The van der Waals surface area contributed by atoms with Gasteiger partial charge in [-0.1, -0.05) is 6.07 Å². The van der Waals surface area contributed by atoms with Gasteiger partial charge in [-0.3, -0.25) is 9.78 Å². The topological polar surface area (TPSA) is 59.2 Å². The molecule has 18 heavy (non-hydrogen) atoms. The predicted molar refractivity (Wildman–Crippen MR) is 73.1 cm³/mol. The van der Waals surface area contributed by atoms with Crippen LogP contribution in [0.3, 0.4) is 0 Å². The Labute approximate surface area is 109 Å². The Morgan fingerprint density at radius 2 is 2.33 bits per heavy atom. The molecular weight excluding hydrogens is 246 g/mol. The second-order valence-electron chi connectivity index (χ2n) is 4.41. The van der Waals surface area contributed by atoms with Crippen molar-refractivity contribution in [1.82, 2.24) is 4.98 Å². The van der Waals surface area contributed by atoms with Crippen molar-refractivity contribution in [3.05, 3.63) is 39.8 Å². The van der Waals surface area contributed by atoms with Gasteiger partial charge in [0.05, 0.1) is 11.7 Å². The highest BCUT2D eigenvalue weighted by atomic mass is 32.1. The molecule has 4 nitrogen and oxygen atoms in total. The third-order valence-electron chi connectivity index (χ3n) is 3.25. The highest BCUT2D eigenvalue weighted by Gasteiger charge is 2.26. The molecule has 0 fully saturated rings. The monoisotopic (exact) mass is 259 g/mol. The zero-order chi connectivity index (χ0) is 12.7. The highest BCUT2D eigenvalue weighted by Crippen LogP contribution is 2.33. The summed E-state index contributed by atoms with van der Waals surface area (Å²) in [5, 5.41) is 0. The molecule has 1 amide bonds. The molecule has 0 saturated heterocycles. The molecule has 3 rings (SSSR count). The smallest absolute Gasteiger partial charge is 0.269 e. The average Bonchev–Trinajstić information content (AvgIpc) is 2.98. The van der Waals surface area contributed by atoms with Crippen LogP contribution >= 0.6 is 11.3 Å². The third-order valence-corrected chi connectivity index (χ3v) is 4.01. The van der Waals surface area contributed by atoms with Gasteiger partial charge in [-0.05, 0) is 30.5 Å². The summed E-state index contributed by atoms with van der Waals surface area (Å²) < 4.78 is 0. The van der Waals surface area contributed by atoms with E-state index in [-0.39, 0.29) is 5.91 Å². The van der Waals surface area contributed by atoms with Gasteiger partial charge in [0.2, 0.25) is 0 Å². The summed E-state index contributed by atoms with van der Waals surface area (Å²) in [6.07, 6.45) is 2.50. The van der Waals surface area contributed by atoms with Crippen molar-refractivity contribution in [2.24, 2.45) is 0 Å². The first-order valence-corrected chi connectivity index (χ1v) is 6.64. The Kier molecular flexibility index (Phi) is 2.56. The van der Waals surface area contributed by atoms with E-state index in [0.717, 1.165) is 29.9 Å². The van der Waals surface area contributed by atoms with Gasteiger partial charge in [0, 0.05) is 17.9 Å². The van der Waals surface area contributed by atoms with Crippen molar-refractivity contribution in [2.45, 2.75) is 13.3 Å². The second kappa shape index (κ2) is 4.10. The lowest BCUT2D eigenvalue weighted by Gasteiger charge is -2.17. The molecule has 1 aliphatic rings. The first-order valence-electron chi connectivity index (χ1n) is 5.76. The molecule has 0 saturated carbocycles. The van der Waals surface area contributed by atoms with E-state index in [1.807, 2.05) is 13.0 Å². The van der Waals surface area contributed by atoms with E-state index in [2.05, 4.69) is 11.1 Å². The van der Waals surface area contributed by atoms with Crippen LogP contribution in [0.15, 0.2) is 23.8 Å². The van der Waals surface area contributed by atoms with E-state index >= 15 is 0 Å². The number of anilines is 2. The Hall–Kier alpha value is -1.88. The molecule has 1 aromatic carbocycles. The molecule has 2 heterocycles. The van der Waals surface area contributed by atoms with Crippen LogP contribution in [0, 0.1) is 6.92 Å². The van der Waals surface area contributed by atoms with Gasteiger partial charge in [0.15, 0.2) is 0 Å². The molecule has 1 aromatic heterocycles. The van der Waals surface area contributed by atoms with Gasteiger partial charge in [0.25, 0.3) is 5.91 Å². The number of carbonyl (C=O) groups is 1. The maximum atomic E-state index is 12.3. The summed E-state index contributed by atoms with van der Waals surface area (Å²) in [5.74, 6) is 0.0134. The number of aryl methyl sites for hydroxylation is 1. The number of carbonyl (C=O) groups excluding carboxylic acids is 1. The van der Waals surface area contributed by atoms with Crippen LogP contribution < -0.4 is 10.6 Å². The Balaban J connectivity index is 2.00. The number of rotatable bonds is 1. The maximum absolute atomic E-state index is 12.3. The first-order chi connectivity index (χ1) is 8.66. The number of nitrogens with zero attached hydrogens (tertiary/aromatic N) is 2. The summed E-state index contributed by atoms with van der Waals surface area (Å²) >= 11 is 1.37. The molecule has 0 atom stereocenters. The molecule has 0 bridgehead atoms. The quantitative estimate of drug-likeness (QED) is 0.799. The summed E-state index contributed by atoms with van der Waals surface area (Å²) in [4.78, 5) is 18.7. The van der Waals surface area contributed by atoms with Gasteiger partial charge in [-0.2, -0.15) is 0 Å². The van der Waals surface area contributed by atoms with Crippen LogP contribution in [0.1, 0.15) is 20.8 Å². The molecule has 0 aliphatic carbocycles. The minimum atomic E-state index is 0.0134. The fourth-order valence-electron chi connectivity index (χ4n) is 2.24. The molecule has 0 unspecified atom stereocenters. The number of benzene rings is 1. The first kappa shape index (κ1) is 11.2. The summed E-state index contributed by atoms with van der Waals surface area (Å²) in [6.45, 7) is 2.71. The number of thiazole rings is 1. The fourth-order valence-corrected chi connectivity index (χ4v) is 2.81. The molecular formula is C13H13N3OS. The predicted octanol–water partition coefficient (Wildman–Crippen LogP) is 2.24.